The van der Waals surface area contributed by atoms with E-state index in [1.165, 1.54) is 5.56 Å². The fourth-order valence-electron chi connectivity index (χ4n) is 1.40. The smallest absolute Gasteiger partial charge is 0.150 e. The number of halogens is 1. The minimum absolute atomic E-state index is 0.729. The molecule has 0 aliphatic heterocycles. The van der Waals surface area contributed by atoms with Gasteiger partial charge in [-0.2, -0.15) is 0 Å². The summed E-state index contributed by atoms with van der Waals surface area (Å²) >= 11 is 3.41. The molecule has 0 aliphatic carbocycles. The second kappa shape index (κ2) is 7.14. The van der Waals surface area contributed by atoms with Crippen LogP contribution in [0.3, 0.4) is 0 Å². The average Bonchev–Trinajstić information content (AvgIpc) is 2.40. The predicted molar refractivity (Wildman–Crippen MR) is 80.5 cm³/mol. The van der Waals surface area contributed by atoms with E-state index in [2.05, 4.69) is 25.9 Å². The molecular weight excluding hydrogens is 304 g/mol. The van der Waals surface area contributed by atoms with Crippen molar-refractivity contribution in [2.45, 2.75) is 27.7 Å². The van der Waals surface area contributed by atoms with Gasteiger partial charge in [-0.25, -0.2) is 0 Å². The first-order valence-corrected chi connectivity index (χ1v) is 6.71. The van der Waals surface area contributed by atoms with Gasteiger partial charge in [-0.3, -0.25) is 14.8 Å². The number of aromatic nitrogens is 2. The fourth-order valence-corrected chi connectivity index (χ4v) is 1.80. The third-order valence-electron chi connectivity index (χ3n) is 3.01. The third-order valence-corrected chi connectivity index (χ3v) is 3.87. The second-order valence-electron chi connectivity index (χ2n) is 4.23. The molecule has 2 aromatic rings. The Bertz CT molecular complexity index is 562. The predicted octanol–water partition coefficient (Wildman–Crippen LogP) is 3.97. The molecule has 0 atom stereocenters. The van der Waals surface area contributed by atoms with Crippen LogP contribution < -0.4 is 0 Å². The van der Waals surface area contributed by atoms with E-state index in [4.69, 9.17) is 0 Å². The summed E-state index contributed by atoms with van der Waals surface area (Å²) in [7, 11) is 0. The Hall–Kier alpha value is -1.55. The van der Waals surface area contributed by atoms with Crippen molar-refractivity contribution in [1.82, 2.24) is 9.97 Å². The van der Waals surface area contributed by atoms with Crippen LogP contribution in [-0.4, -0.2) is 16.3 Å². The minimum atomic E-state index is 0.729. The highest BCUT2D eigenvalue weighted by Crippen LogP contribution is 2.15. The van der Waals surface area contributed by atoms with Gasteiger partial charge in [0.05, 0.1) is 0 Å². The van der Waals surface area contributed by atoms with Gasteiger partial charge in [0.25, 0.3) is 0 Å². The monoisotopic (exact) mass is 320 g/mol. The molecule has 19 heavy (non-hydrogen) atoms. The van der Waals surface area contributed by atoms with Crippen LogP contribution in [0.4, 0.5) is 0 Å². The molecule has 4 heteroatoms. The van der Waals surface area contributed by atoms with Gasteiger partial charge in [0.1, 0.15) is 6.29 Å². The quantitative estimate of drug-likeness (QED) is 0.746. The zero-order valence-corrected chi connectivity index (χ0v) is 13.2. The lowest BCUT2D eigenvalue weighted by molar-refractivity contribution is 0.112. The number of hydrogen-bond acceptors (Lipinski definition) is 3. The third kappa shape index (κ3) is 4.24. The van der Waals surface area contributed by atoms with E-state index in [9.17, 15) is 4.79 Å². The number of pyridine rings is 2. The summed E-state index contributed by atoms with van der Waals surface area (Å²) in [4.78, 5) is 18.5. The number of carbonyl (C=O) groups excluding carboxylic acids is 1. The van der Waals surface area contributed by atoms with Gasteiger partial charge in [0.15, 0.2) is 0 Å². The van der Waals surface area contributed by atoms with Gasteiger partial charge in [-0.1, -0.05) is 15.9 Å². The lowest BCUT2D eigenvalue weighted by Gasteiger charge is -1.98. The topological polar surface area (TPSA) is 42.9 Å². The van der Waals surface area contributed by atoms with E-state index in [0.717, 1.165) is 33.3 Å². The largest absolute Gasteiger partial charge is 0.298 e. The Balaban J connectivity index is 0.000000191. The molecule has 0 amide bonds. The van der Waals surface area contributed by atoms with Crippen molar-refractivity contribution in [3.8, 4) is 0 Å². The SMILES string of the molecule is Cc1nccc(Br)c1C.Cc1nccc(C=O)c1C. The lowest BCUT2D eigenvalue weighted by Crippen LogP contribution is -1.91. The Morgan fingerprint density at radius 1 is 0.947 bits per heavy atom. The summed E-state index contributed by atoms with van der Waals surface area (Å²) in [5.74, 6) is 0. The summed E-state index contributed by atoms with van der Waals surface area (Å²) < 4.78 is 1.13. The van der Waals surface area contributed by atoms with E-state index in [-0.39, 0.29) is 0 Å². The highest BCUT2D eigenvalue weighted by molar-refractivity contribution is 9.10. The van der Waals surface area contributed by atoms with Crippen molar-refractivity contribution in [3.63, 3.8) is 0 Å². The highest BCUT2D eigenvalue weighted by Gasteiger charge is 1.97. The van der Waals surface area contributed by atoms with Crippen LogP contribution in [0.1, 0.15) is 32.9 Å². The number of rotatable bonds is 1. The van der Waals surface area contributed by atoms with Crippen molar-refractivity contribution in [2.24, 2.45) is 0 Å². The molecular formula is C15H17BrN2O. The first-order valence-electron chi connectivity index (χ1n) is 5.92. The maximum atomic E-state index is 10.4. The molecule has 0 spiro atoms. The molecule has 3 nitrogen and oxygen atoms in total. The minimum Gasteiger partial charge on any atom is -0.298 e. The number of hydrogen-bond donors (Lipinski definition) is 0. The molecule has 0 radical (unpaired) electrons. The standard InChI is InChI=1S/C8H9NO.C7H8BrN/c1-6-7(2)9-4-3-8(6)5-10;1-5-6(2)9-4-3-7(5)8/h3-5H,1-2H3;3-4H,1-2H3. The van der Waals surface area contributed by atoms with Gasteiger partial charge in [0.2, 0.25) is 0 Å². The van der Waals surface area contributed by atoms with Crippen LogP contribution in [-0.2, 0) is 0 Å². The van der Waals surface area contributed by atoms with Crippen LogP contribution in [0.5, 0.6) is 0 Å². The molecule has 0 bridgehead atoms. The van der Waals surface area contributed by atoms with E-state index < -0.39 is 0 Å². The number of aldehydes is 1. The highest BCUT2D eigenvalue weighted by atomic mass is 79.9. The molecule has 100 valence electrons. The summed E-state index contributed by atoms with van der Waals surface area (Å²) in [6.07, 6.45) is 4.29. The molecule has 0 saturated carbocycles. The Kier molecular flexibility index (Phi) is 5.83. The van der Waals surface area contributed by atoms with Crippen molar-refractivity contribution >= 4 is 22.2 Å². The summed E-state index contributed by atoms with van der Waals surface area (Å²) in [6, 6.07) is 3.66. The molecule has 0 unspecified atom stereocenters. The lowest BCUT2D eigenvalue weighted by atomic mass is 10.1. The van der Waals surface area contributed by atoms with E-state index in [1.807, 2.05) is 33.8 Å². The van der Waals surface area contributed by atoms with E-state index in [1.54, 1.807) is 18.5 Å². The maximum Gasteiger partial charge on any atom is 0.150 e. The van der Waals surface area contributed by atoms with E-state index >= 15 is 0 Å². The van der Waals surface area contributed by atoms with Crippen LogP contribution in [0.25, 0.3) is 0 Å². The van der Waals surface area contributed by atoms with Gasteiger partial charge < -0.3 is 0 Å². The molecule has 0 aromatic carbocycles. The normalized spacial score (nSPS) is 9.53. The van der Waals surface area contributed by atoms with Gasteiger partial charge in [-0.15, -0.1) is 0 Å². The molecule has 0 fully saturated rings. The van der Waals surface area contributed by atoms with Gasteiger partial charge >= 0.3 is 0 Å². The van der Waals surface area contributed by atoms with Crippen molar-refractivity contribution in [2.75, 3.05) is 0 Å². The number of nitrogens with zero attached hydrogens (tertiary/aromatic N) is 2. The average molecular weight is 321 g/mol. The van der Waals surface area contributed by atoms with Crippen molar-refractivity contribution in [3.05, 3.63) is 57.1 Å². The first kappa shape index (κ1) is 15.5. The summed E-state index contributed by atoms with van der Waals surface area (Å²) in [5.41, 5.74) is 4.93. The molecule has 0 saturated heterocycles. The molecule has 0 aliphatic rings. The maximum absolute atomic E-state index is 10.4. The molecule has 2 rings (SSSR count). The number of aryl methyl sites for hydroxylation is 2. The molecule has 2 aromatic heterocycles. The van der Waals surface area contributed by atoms with Crippen molar-refractivity contribution < 1.29 is 4.79 Å². The Labute approximate surface area is 122 Å². The fraction of sp³-hybridized carbons (Fsp3) is 0.267. The van der Waals surface area contributed by atoms with E-state index in [0.29, 0.717) is 0 Å². The summed E-state index contributed by atoms with van der Waals surface area (Å²) in [6.45, 7) is 7.83. The molecule has 0 N–H and O–H groups in total. The second-order valence-corrected chi connectivity index (χ2v) is 5.09. The Morgan fingerprint density at radius 2 is 1.47 bits per heavy atom. The zero-order valence-electron chi connectivity index (χ0n) is 11.6. The number of carbonyl (C=O) groups is 1. The van der Waals surface area contributed by atoms with Crippen LogP contribution in [0.15, 0.2) is 29.0 Å². The van der Waals surface area contributed by atoms with Crippen molar-refractivity contribution in [1.29, 1.82) is 0 Å². The Morgan fingerprint density at radius 3 is 1.89 bits per heavy atom. The summed E-state index contributed by atoms with van der Waals surface area (Å²) in [5, 5.41) is 0. The zero-order chi connectivity index (χ0) is 14.4. The molecule has 2 heterocycles. The van der Waals surface area contributed by atoms with Gasteiger partial charge in [-0.05, 0) is 51.0 Å². The van der Waals surface area contributed by atoms with Gasteiger partial charge in [0, 0.05) is 33.8 Å². The van der Waals surface area contributed by atoms with Crippen LogP contribution >= 0.6 is 15.9 Å². The van der Waals surface area contributed by atoms with Crippen LogP contribution in [0.2, 0.25) is 0 Å². The first-order chi connectivity index (χ1) is 8.97. The van der Waals surface area contributed by atoms with Crippen LogP contribution in [0, 0.1) is 27.7 Å².